The SMILES string of the molecule is Cc1cc(C)c(CN2CCCCC2CCCl)c(C)c1. The third kappa shape index (κ3) is 3.73. The Hall–Kier alpha value is -0.530. The van der Waals surface area contributed by atoms with Crippen molar-refractivity contribution in [2.45, 2.75) is 59.0 Å². The largest absolute Gasteiger partial charge is 0.296 e. The average Bonchev–Trinajstić information content (AvgIpc) is 2.36. The average molecular weight is 280 g/mol. The van der Waals surface area contributed by atoms with Crippen molar-refractivity contribution in [3.8, 4) is 0 Å². The molecule has 0 bridgehead atoms. The van der Waals surface area contributed by atoms with E-state index in [0.717, 1.165) is 18.8 Å². The molecule has 0 amide bonds. The maximum atomic E-state index is 5.96. The van der Waals surface area contributed by atoms with Crippen LogP contribution in [0.5, 0.6) is 0 Å². The number of piperidine rings is 1. The molecule has 19 heavy (non-hydrogen) atoms. The number of halogens is 1. The van der Waals surface area contributed by atoms with Crippen molar-refractivity contribution >= 4 is 11.6 Å². The molecule has 1 aromatic carbocycles. The smallest absolute Gasteiger partial charge is 0.0241 e. The van der Waals surface area contributed by atoms with E-state index in [-0.39, 0.29) is 0 Å². The molecule has 2 rings (SSSR count). The van der Waals surface area contributed by atoms with Gasteiger partial charge in [-0.25, -0.2) is 0 Å². The van der Waals surface area contributed by atoms with Gasteiger partial charge in [0.15, 0.2) is 0 Å². The quantitative estimate of drug-likeness (QED) is 0.729. The van der Waals surface area contributed by atoms with Gasteiger partial charge in [-0.2, -0.15) is 0 Å². The Kier molecular flexibility index (Phi) is 5.29. The monoisotopic (exact) mass is 279 g/mol. The molecule has 1 saturated heterocycles. The maximum Gasteiger partial charge on any atom is 0.0241 e. The van der Waals surface area contributed by atoms with Gasteiger partial charge in [0.1, 0.15) is 0 Å². The summed E-state index contributed by atoms with van der Waals surface area (Å²) >= 11 is 5.96. The van der Waals surface area contributed by atoms with Gasteiger partial charge in [0, 0.05) is 18.5 Å². The summed E-state index contributed by atoms with van der Waals surface area (Å²) in [5, 5.41) is 0. The lowest BCUT2D eigenvalue weighted by molar-refractivity contribution is 0.136. The Morgan fingerprint density at radius 2 is 1.84 bits per heavy atom. The highest BCUT2D eigenvalue weighted by molar-refractivity contribution is 6.17. The molecule has 0 N–H and O–H groups in total. The summed E-state index contributed by atoms with van der Waals surface area (Å²) in [5.41, 5.74) is 5.77. The van der Waals surface area contributed by atoms with E-state index < -0.39 is 0 Å². The Morgan fingerprint density at radius 1 is 1.16 bits per heavy atom. The molecule has 1 unspecified atom stereocenters. The number of rotatable bonds is 4. The van der Waals surface area contributed by atoms with Crippen LogP contribution in [0.2, 0.25) is 0 Å². The number of aryl methyl sites for hydroxylation is 3. The number of hydrogen-bond acceptors (Lipinski definition) is 1. The molecule has 0 saturated carbocycles. The summed E-state index contributed by atoms with van der Waals surface area (Å²) in [6, 6.07) is 5.30. The Balaban J connectivity index is 2.15. The second kappa shape index (κ2) is 6.76. The van der Waals surface area contributed by atoms with E-state index in [1.165, 1.54) is 48.1 Å². The molecule has 2 heteroatoms. The van der Waals surface area contributed by atoms with Gasteiger partial charge in [-0.3, -0.25) is 4.90 Å². The van der Waals surface area contributed by atoms with E-state index in [4.69, 9.17) is 11.6 Å². The number of likely N-dealkylation sites (tertiary alicyclic amines) is 1. The summed E-state index contributed by atoms with van der Waals surface area (Å²) in [5.74, 6) is 0.785. The minimum absolute atomic E-state index is 0.686. The van der Waals surface area contributed by atoms with Gasteiger partial charge in [0.2, 0.25) is 0 Å². The first kappa shape index (κ1) is 14.9. The number of nitrogens with zero attached hydrogens (tertiary/aromatic N) is 1. The van der Waals surface area contributed by atoms with Gasteiger partial charge in [0.05, 0.1) is 0 Å². The Labute approximate surface area is 123 Å². The maximum absolute atomic E-state index is 5.96. The summed E-state index contributed by atoms with van der Waals surface area (Å²) in [7, 11) is 0. The van der Waals surface area contributed by atoms with Crippen LogP contribution in [0.4, 0.5) is 0 Å². The first-order chi connectivity index (χ1) is 9.11. The van der Waals surface area contributed by atoms with Crippen LogP contribution in [0, 0.1) is 20.8 Å². The van der Waals surface area contributed by atoms with Crippen molar-refractivity contribution in [1.82, 2.24) is 4.90 Å². The molecule has 0 aromatic heterocycles. The lowest BCUT2D eigenvalue weighted by atomic mass is 9.95. The fourth-order valence-electron chi connectivity index (χ4n) is 3.38. The first-order valence-corrected chi connectivity index (χ1v) is 8.02. The lowest BCUT2D eigenvalue weighted by Crippen LogP contribution is -2.39. The van der Waals surface area contributed by atoms with E-state index in [1.807, 2.05) is 0 Å². The molecule has 1 fully saturated rings. The second-order valence-corrected chi connectivity index (χ2v) is 6.35. The van der Waals surface area contributed by atoms with Crippen molar-refractivity contribution in [2.75, 3.05) is 12.4 Å². The zero-order valence-electron chi connectivity index (χ0n) is 12.5. The molecule has 1 heterocycles. The van der Waals surface area contributed by atoms with Crippen molar-refractivity contribution in [2.24, 2.45) is 0 Å². The van der Waals surface area contributed by atoms with Crippen molar-refractivity contribution in [3.63, 3.8) is 0 Å². The summed E-state index contributed by atoms with van der Waals surface area (Å²) in [6.07, 6.45) is 5.15. The van der Waals surface area contributed by atoms with Crippen molar-refractivity contribution < 1.29 is 0 Å². The van der Waals surface area contributed by atoms with Crippen LogP contribution in [0.25, 0.3) is 0 Å². The number of alkyl halides is 1. The van der Waals surface area contributed by atoms with E-state index >= 15 is 0 Å². The Bertz CT molecular complexity index is 402. The van der Waals surface area contributed by atoms with Crippen LogP contribution >= 0.6 is 11.6 Å². The molecule has 1 aliphatic heterocycles. The summed E-state index contributed by atoms with van der Waals surface area (Å²) in [6.45, 7) is 9.00. The van der Waals surface area contributed by atoms with Gasteiger partial charge in [0.25, 0.3) is 0 Å². The molecular weight excluding hydrogens is 254 g/mol. The summed E-state index contributed by atoms with van der Waals surface area (Å²) < 4.78 is 0. The third-order valence-electron chi connectivity index (χ3n) is 4.39. The second-order valence-electron chi connectivity index (χ2n) is 5.98. The van der Waals surface area contributed by atoms with Crippen LogP contribution < -0.4 is 0 Å². The molecule has 0 aliphatic carbocycles. The normalized spacial score (nSPS) is 20.7. The lowest BCUT2D eigenvalue weighted by Gasteiger charge is -2.36. The van der Waals surface area contributed by atoms with E-state index in [9.17, 15) is 0 Å². The van der Waals surface area contributed by atoms with Crippen LogP contribution in [0.3, 0.4) is 0 Å². The fraction of sp³-hybridized carbons (Fsp3) is 0.647. The molecule has 1 aliphatic rings. The highest BCUT2D eigenvalue weighted by Gasteiger charge is 2.22. The minimum atomic E-state index is 0.686. The predicted molar refractivity (Wildman–Crippen MR) is 84.0 cm³/mol. The van der Waals surface area contributed by atoms with Crippen LogP contribution in [0.15, 0.2) is 12.1 Å². The van der Waals surface area contributed by atoms with Gasteiger partial charge in [-0.15, -0.1) is 11.6 Å². The standard InChI is InChI=1S/C17H26ClN/c1-13-10-14(2)17(15(3)11-13)12-19-9-5-4-6-16(19)7-8-18/h10-11,16H,4-9,12H2,1-3H3. The first-order valence-electron chi connectivity index (χ1n) is 7.48. The Morgan fingerprint density at radius 3 is 2.47 bits per heavy atom. The van der Waals surface area contributed by atoms with Crippen LogP contribution in [-0.2, 0) is 6.54 Å². The predicted octanol–water partition coefficient (Wildman–Crippen LogP) is 4.60. The van der Waals surface area contributed by atoms with E-state index in [2.05, 4.69) is 37.8 Å². The van der Waals surface area contributed by atoms with Crippen molar-refractivity contribution in [1.29, 1.82) is 0 Å². The highest BCUT2D eigenvalue weighted by Crippen LogP contribution is 2.25. The topological polar surface area (TPSA) is 3.24 Å². The van der Waals surface area contributed by atoms with Crippen LogP contribution in [0.1, 0.15) is 47.9 Å². The van der Waals surface area contributed by atoms with E-state index in [0.29, 0.717) is 6.04 Å². The molecule has 1 aromatic rings. The zero-order chi connectivity index (χ0) is 13.8. The van der Waals surface area contributed by atoms with Gasteiger partial charge < -0.3 is 0 Å². The summed E-state index contributed by atoms with van der Waals surface area (Å²) in [4.78, 5) is 2.65. The minimum Gasteiger partial charge on any atom is -0.296 e. The fourth-order valence-corrected chi connectivity index (χ4v) is 3.64. The van der Waals surface area contributed by atoms with E-state index in [1.54, 1.807) is 0 Å². The number of hydrogen-bond donors (Lipinski definition) is 0. The molecule has 0 radical (unpaired) electrons. The highest BCUT2D eigenvalue weighted by atomic mass is 35.5. The van der Waals surface area contributed by atoms with Crippen LogP contribution in [-0.4, -0.2) is 23.4 Å². The number of benzene rings is 1. The molecule has 0 spiro atoms. The molecule has 106 valence electrons. The third-order valence-corrected chi connectivity index (χ3v) is 4.61. The van der Waals surface area contributed by atoms with Crippen molar-refractivity contribution in [3.05, 3.63) is 34.4 Å². The van der Waals surface area contributed by atoms with Gasteiger partial charge in [-0.1, -0.05) is 24.1 Å². The molecule has 1 nitrogen and oxygen atoms in total. The van der Waals surface area contributed by atoms with Gasteiger partial charge >= 0.3 is 0 Å². The zero-order valence-corrected chi connectivity index (χ0v) is 13.3. The molecular formula is C17H26ClN. The van der Waals surface area contributed by atoms with Gasteiger partial charge in [-0.05, 0) is 63.3 Å². The molecule has 1 atom stereocenters.